The molecular weight excluding hydrogens is 611 g/mol. The summed E-state index contributed by atoms with van der Waals surface area (Å²) >= 11 is 5.42. The largest absolute Gasteiger partial charge is 0.382 e. The van der Waals surface area contributed by atoms with Gasteiger partial charge in [0.1, 0.15) is 24.3 Å². The third kappa shape index (κ3) is 6.22. The fourth-order valence-corrected chi connectivity index (χ4v) is 7.03. The number of nitrogens with zero attached hydrogens (tertiary/aromatic N) is 7. The van der Waals surface area contributed by atoms with Crippen molar-refractivity contribution in [3.05, 3.63) is 29.3 Å². The second-order valence-electron chi connectivity index (χ2n) is 11.6. The van der Waals surface area contributed by atoms with Crippen molar-refractivity contribution in [2.45, 2.75) is 77.7 Å². The highest BCUT2D eigenvalue weighted by molar-refractivity contribution is 8.07. The number of H-pyrrole nitrogens is 1. The second-order valence-corrected chi connectivity index (χ2v) is 14.4. The lowest BCUT2D eigenvalue weighted by molar-refractivity contribution is -0.0324. The number of nitrogen functional groups attached to an aromatic ring is 1. The van der Waals surface area contributed by atoms with E-state index in [0.717, 1.165) is 0 Å². The fourth-order valence-electron chi connectivity index (χ4n) is 5.56. The van der Waals surface area contributed by atoms with Gasteiger partial charge in [-0.3, -0.25) is 18.9 Å². The van der Waals surface area contributed by atoms with Crippen LogP contribution in [-0.4, -0.2) is 75.4 Å². The van der Waals surface area contributed by atoms with Crippen molar-refractivity contribution in [3.8, 4) is 0 Å². The van der Waals surface area contributed by atoms with Crippen LogP contribution in [-0.2, 0) is 30.3 Å². The zero-order chi connectivity index (χ0) is 31.2. The number of aromatic nitrogens is 8. The fraction of sp³-hybridized carbons (Fsp3) is 0.615. The molecule has 238 valence electrons. The van der Waals surface area contributed by atoms with Gasteiger partial charge in [0.05, 0.1) is 37.6 Å². The maximum absolute atomic E-state index is 12.6. The molecule has 4 aromatic rings. The molecular formula is C26H37N10O6PS. The van der Waals surface area contributed by atoms with E-state index in [1.54, 1.807) is 21.8 Å². The van der Waals surface area contributed by atoms with Gasteiger partial charge in [0.25, 0.3) is 5.56 Å². The van der Waals surface area contributed by atoms with Crippen LogP contribution in [0.25, 0.3) is 22.3 Å². The van der Waals surface area contributed by atoms with Gasteiger partial charge in [0, 0.05) is 13.0 Å². The average molecular weight is 649 g/mol. The molecule has 0 aromatic carbocycles. The lowest BCUT2D eigenvalue weighted by atomic mass is 10.0. The molecule has 5 N–H and O–H groups in total. The number of anilines is 2. The number of hydrogen-bond donors (Lipinski definition) is 4. The Morgan fingerprint density at radius 2 is 1.84 bits per heavy atom. The highest BCUT2D eigenvalue weighted by Gasteiger charge is 2.41. The van der Waals surface area contributed by atoms with Gasteiger partial charge >= 0.3 is 6.72 Å². The predicted octanol–water partition coefficient (Wildman–Crippen LogP) is 2.85. The van der Waals surface area contributed by atoms with Gasteiger partial charge in [-0.05, 0) is 36.5 Å². The number of aromatic amines is 1. The third-order valence-corrected chi connectivity index (χ3v) is 9.50. The van der Waals surface area contributed by atoms with Crippen molar-refractivity contribution >= 4 is 52.6 Å². The Morgan fingerprint density at radius 1 is 1.14 bits per heavy atom. The van der Waals surface area contributed by atoms with Crippen LogP contribution in [0.15, 0.2) is 23.8 Å². The molecule has 2 aliphatic rings. The predicted molar refractivity (Wildman–Crippen MR) is 165 cm³/mol. The molecule has 1 unspecified atom stereocenters. The van der Waals surface area contributed by atoms with Crippen molar-refractivity contribution in [2.75, 3.05) is 24.2 Å². The highest BCUT2D eigenvalue weighted by Crippen LogP contribution is 2.50. The first-order valence-electron chi connectivity index (χ1n) is 14.6. The smallest absolute Gasteiger partial charge is 0.324 e. The Morgan fingerprint density at radius 3 is 2.59 bits per heavy atom. The van der Waals surface area contributed by atoms with E-state index >= 15 is 0 Å². The molecule has 6 heterocycles. The van der Waals surface area contributed by atoms with Crippen LogP contribution in [0, 0.1) is 11.8 Å². The van der Waals surface area contributed by atoms with E-state index in [2.05, 4.69) is 49.1 Å². The summed E-state index contributed by atoms with van der Waals surface area (Å²) in [7, 11) is 0. The van der Waals surface area contributed by atoms with Gasteiger partial charge in [0.15, 0.2) is 22.6 Å². The van der Waals surface area contributed by atoms with Gasteiger partial charge in [-0.15, -0.1) is 0 Å². The van der Waals surface area contributed by atoms with Crippen molar-refractivity contribution in [1.82, 2.24) is 39.0 Å². The molecule has 7 atom stereocenters. The van der Waals surface area contributed by atoms with E-state index < -0.39 is 25.3 Å². The highest BCUT2D eigenvalue weighted by atomic mass is 32.5. The summed E-state index contributed by atoms with van der Waals surface area (Å²) in [6.07, 6.45) is 4.13. The number of rotatable bonds is 11. The molecule has 6 rings (SSSR count). The minimum absolute atomic E-state index is 0.0312. The first-order valence-corrected chi connectivity index (χ1v) is 17.2. The molecule has 0 saturated carbocycles. The molecule has 0 radical (unpaired) electrons. The molecule has 2 aliphatic heterocycles. The lowest BCUT2D eigenvalue weighted by Crippen LogP contribution is -2.25. The lowest BCUT2D eigenvalue weighted by Gasteiger charge is -2.24. The van der Waals surface area contributed by atoms with E-state index in [1.165, 1.54) is 6.33 Å². The minimum atomic E-state index is -3.66. The average Bonchev–Trinajstić information content (AvgIpc) is 3.75. The molecule has 44 heavy (non-hydrogen) atoms. The number of ether oxygens (including phenoxy) is 2. The summed E-state index contributed by atoms with van der Waals surface area (Å²) in [5.74, 6) is 1.09. The molecule has 0 spiro atoms. The van der Waals surface area contributed by atoms with Crippen molar-refractivity contribution < 1.29 is 23.4 Å². The van der Waals surface area contributed by atoms with Gasteiger partial charge in [0.2, 0.25) is 5.95 Å². The number of nitrogens with one attached hydrogen (secondary N) is 2. The number of fused-ring (bicyclic) bond motifs is 2. The molecule has 4 aromatic heterocycles. The maximum Gasteiger partial charge on any atom is 0.324 e. The van der Waals surface area contributed by atoms with Crippen LogP contribution in [0.5, 0.6) is 0 Å². The molecule has 0 aliphatic carbocycles. The molecule has 16 nitrogen and oxygen atoms in total. The zero-order valence-electron chi connectivity index (χ0n) is 24.9. The monoisotopic (exact) mass is 648 g/mol. The Bertz CT molecular complexity index is 1750. The summed E-state index contributed by atoms with van der Waals surface area (Å²) < 4.78 is 27.9. The van der Waals surface area contributed by atoms with Gasteiger partial charge in [-0.1, -0.05) is 27.7 Å². The van der Waals surface area contributed by atoms with Crippen LogP contribution in [0.1, 0.15) is 59.4 Å². The minimum Gasteiger partial charge on any atom is -0.382 e. The third-order valence-electron chi connectivity index (χ3n) is 7.91. The van der Waals surface area contributed by atoms with E-state index in [4.69, 9.17) is 36.1 Å². The SMILES string of the molecule is CC[C@H]1O[C@@H](n2cnc3c(N)ncnc32)C[C@@H]1OP(O)(=S)OC[C@H]1O[C@@H](n2cnc3c(=O)[nH]c(NCC(C)C)nc32)C[C@@H]1C. The standard InChI is InChI=1S/C26H37N10O6PS/c1-5-15-16(7-19(40-15)35-11-31-20-22(27)29-10-30-23(20)35)42-43(38,44)39-9-17-14(4)6-18(41-17)36-12-32-21-24(36)33-26(34-25(21)37)28-8-13(2)3/h10-19H,5-9H2,1-4H3,(H,38,44)(H2,27,29,30)(H2,28,33,34,37)/t14-,15+,16-,17+,18+,19+,43?/m0/s1. The normalized spacial score (nSPS) is 27.0. The van der Waals surface area contributed by atoms with Crippen LogP contribution >= 0.6 is 6.72 Å². The zero-order valence-corrected chi connectivity index (χ0v) is 26.6. The Balaban J connectivity index is 1.09. The quantitative estimate of drug-likeness (QED) is 0.173. The van der Waals surface area contributed by atoms with Crippen molar-refractivity contribution in [2.24, 2.45) is 11.8 Å². The van der Waals surface area contributed by atoms with E-state index in [0.29, 0.717) is 54.5 Å². The second kappa shape index (κ2) is 12.4. The summed E-state index contributed by atoms with van der Waals surface area (Å²) in [6.45, 7) is 5.16. The number of imidazole rings is 2. The van der Waals surface area contributed by atoms with Gasteiger partial charge in [-0.2, -0.15) is 4.98 Å². The van der Waals surface area contributed by atoms with Crippen LogP contribution in [0.4, 0.5) is 11.8 Å². The van der Waals surface area contributed by atoms with Gasteiger partial charge in [-0.25, -0.2) is 19.9 Å². The summed E-state index contributed by atoms with van der Waals surface area (Å²) in [4.78, 5) is 47.8. The van der Waals surface area contributed by atoms with E-state index in [9.17, 15) is 9.69 Å². The van der Waals surface area contributed by atoms with Crippen molar-refractivity contribution in [3.63, 3.8) is 0 Å². The summed E-state index contributed by atoms with van der Waals surface area (Å²) in [5.41, 5.74) is 7.30. The Labute approximate surface area is 258 Å². The first kappa shape index (κ1) is 31.0. The van der Waals surface area contributed by atoms with Crippen molar-refractivity contribution in [1.29, 1.82) is 0 Å². The molecule has 0 amide bonds. The van der Waals surface area contributed by atoms with Gasteiger partial charge < -0.3 is 34.5 Å². The maximum atomic E-state index is 12.6. The molecule has 2 fully saturated rings. The molecule has 0 bridgehead atoms. The Hall–Kier alpha value is -3.05. The molecule has 2 saturated heterocycles. The molecule has 18 heteroatoms. The summed E-state index contributed by atoms with van der Waals surface area (Å²) in [6, 6.07) is 0. The van der Waals surface area contributed by atoms with E-state index in [-0.39, 0.29) is 41.6 Å². The Kier molecular flexibility index (Phi) is 8.71. The number of nitrogens with two attached hydrogens (primary N) is 1. The number of hydrogen-bond acceptors (Lipinski definition) is 13. The summed E-state index contributed by atoms with van der Waals surface area (Å²) in [5, 5.41) is 3.15. The van der Waals surface area contributed by atoms with Crippen LogP contribution < -0.4 is 16.6 Å². The first-order chi connectivity index (χ1) is 21.0. The topological polar surface area (TPSA) is 202 Å². The van der Waals surface area contributed by atoms with Crippen LogP contribution in [0.3, 0.4) is 0 Å². The van der Waals surface area contributed by atoms with Crippen LogP contribution in [0.2, 0.25) is 0 Å². The van der Waals surface area contributed by atoms with E-state index in [1.807, 2.05) is 13.8 Å².